The molecule has 0 saturated heterocycles. The van der Waals surface area contributed by atoms with Crippen LogP contribution in [0.4, 0.5) is 4.39 Å². The van der Waals surface area contributed by atoms with Crippen molar-refractivity contribution in [1.82, 2.24) is 0 Å². The molecular formula is C28H31FN2. The molecule has 0 spiro atoms. The highest BCUT2D eigenvalue weighted by atomic mass is 19.1. The molecular weight excluding hydrogens is 383 g/mol. The summed E-state index contributed by atoms with van der Waals surface area (Å²) in [4.78, 5) is 0. The standard InChI is InChI=1S/C28H31FN2/c1-3-5-6-8-23-13-16-26(17-14-23)27-18-15-25(19-28(27)29)21-31-30-20-24-11-9-22(7-4-2)10-12-24/h9-21H,3-8H2,1-2H3. The van der Waals surface area contributed by atoms with Gasteiger partial charge in [0.2, 0.25) is 0 Å². The fraction of sp³-hybridized carbons (Fsp3) is 0.286. The third-order valence-electron chi connectivity index (χ3n) is 5.33. The molecule has 0 aromatic heterocycles. The molecule has 0 N–H and O–H groups in total. The van der Waals surface area contributed by atoms with Crippen LogP contribution < -0.4 is 0 Å². The van der Waals surface area contributed by atoms with Gasteiger partial charge in [-0.2, -0.15) is 10.2 Å². The number of hydrogen-bond donors (Lipinski definition) is 0. The van der Waals surface area contributed by atoms with Gasteiger partial charge in [0.05, 0.1) is 12.4 Å². The molecule has 0 atom stereocenters. The summed E-state index contributed by atoms with van der Waals surface area (Å²) in [5.41, 5.74) is 5.81. The van der Waals surface area contributed by atoms with Gasteiger partial charge in [-0.1, -0.05) is 93.8 Å². The molecule has 0 unspecified atom stereocenters. The Balaban J connectivity index is 1.61. The zero-order valence-electron chi connectivity index (χ0n) is 18.5. The minimum Gasteiger partial charge on any atom is -0.206 e. The third kappa shape index (κ3) is 6.99. The largest absolute Gasteiger partial charge is 0.206 e. The van der Waals surface area contributed by atoms with E-state index >= 15 is 0 Å². The molecule has 2 nitrogen and oxygen atoms in total. The van der Waals surface area contributed by atoms with Crippen molar-refractivity contribution in [2.75, 3.05) is 0 Å². The van der Waals surface area contributed by atoms with Gasteiger partial charge in [0.25, 0.3) is 0 Å². The summed E-state index contributed by atoms with van der Waals surface area (Å²) in [5, 5.41) is 8.15. The van der Waals surface area contributed by atoms with Gasteiger partial charge in [-0.3, -0.25) is 0 Å². The lowest BCUT2D eigenvalue weighted by Crippen LogP contribution is -1.90. The molecule has 0 bridgehead atoms. The van der Waals surface area contributed by atoms with Crippen molar-refractivity contribution in [2.24, 2.45) is 10.2 Å². The first-order valence-corrected chi connectivity index (χ1v) is 11.2. The normalized spacial score (nSPS) is 11.6. The Bertz CT molecular complexity index is 1000. The highest BCUT2D eigenvalue weighted by Gasteiger charge is 2.06. The van der Waals surface area contributed by atoms with Crippen molar-refractivity contribution in [3.05, 3.63) is 94.8 Å². The number of halogens is 1. The van der Waals surface area contributed by atoms with Crippen LogP contribution >= 0.6 is 0 Å². The van der Waals surface area contributed by atoms with E-state index in [-0.39, 0.29) is 5.82 Å². The first kappa shape index (κ1) is 22.6. The van der Waals surface area contributed by atoms with Crippen molar-refractivity contribution in [3.8, 4) is 11.1 Å². The van der Waals surface area contributed by atoms with Crippen molar-refractivity contribution >= 4 is 12.4 Å². The van der Waals surface area contributed by atoms with Crippen LogP contribution in [-0.2, 0) is 12.8 Å². The molecule has 0 saturated carbocycles. The average molecular weight is 415 g/mol. The van der Waals surface area contributed by atoms with Gasteiger partial charge in [0.1, 0.15) is 5.82 Å². The molecule has 31 heavy (non-hydrogen) atoms. The summed E-state index contributed by atoms with van der Waals surface area (Å²) < 4.78 is 14.7. The molecule has 160 valence electrons. The smallest absolute Gasteiger partial charge is 0.131 e. The summed E-state index contributed by atoms with van der Waals surface area (Å²) in [7, 11) is 0. The van der Waals surface area contributed by atoms with Crippen molar-refractivity contribution in [3.63, 3.8) is 0 Å². The minimum absolute atomic E-state index is 0.252. The van der Waals surface area contributed by atoms with Gasteiger partial charge in [-0.25, -0.2) is 4.39 Å². The molecule has 0 aliphatic carbocycles. The van der Waals surface area contributed by atoms with Gasteiger partial charge >= 0.3 is 0 Å². The second-order valence-corrected chi connectivity index (χ2v) is 7.87. The number of benzene rings is 3. The lowest BCUT2D eigenvalue weighted by atomic mass is 10.00. The maximum absolute atomic E-state index is 14.7. The lowest BCUT2D eigenvalue weighted by Gasteiger charge is -2.06. The summed E-state index contributed by atoms with van der Waals surface area (Å²) in [6.07, 6.45) is 10.2. The molecule has 0 amide bonds. The van der Waals surface area contributed by atoms with Crippen LogP contribution in [0, 0.1) is 5.82 Å². The maximum Gasteiger partial charge on any atom is 0.131 e. The SMILES string of the molecule is CCCCCc1ccc(-c2ccc(C=NN=Cc3ccc(CCC)cc3)cc2F)cc1. The summed E-state index contributed by atoms with van der Waals surface area (Å²) in [5.74, 6) is -0.252. The Morgan fingerprint density at radius 1 is 0.677 bits per heavy atom. The van der Waals surface area contributed by atoms with Crippen LogP contribution in [0.15, 0.2) is 76.9 Å². The molecule has 3 heteroatoms. The molecule has 3 aromatic rings. The van der Waals surface area contributed by atoms with Crippen LogP contribution in [0.2, 0.25) is 0 Å². The predicted molar refractivity (Wildman–Crippen MR) is 131 cm³/mol. The van der Waals surface area contributed by atoms with E-state index < -0.39 is 0 Å². The zero-order valence-corrected chi connectivity index (χ0v) is 18.5. The van der Waals surface area contributed by atoms with Gasteiger partial charge in [-0.15, -0.1) is 0 Å². The van der Waals surface area contributed by atoms with Crippen molar-refractivity contribution < 1.29 is 4.39 Å². The Labute approximate surface area is 185 Å². The van der Waals surface area contributed by atoms with E-state index in [0.717, 1.165) is 30.4 Å². The number of aryl methyl sites for hydroxylation is 2. The first-order valence-electron chi connectivity index (χ1n) is 11.2. The zero-order chi connectivity index (χ0) is 21.9. The summed E-state index contributed by atoms with van der Waals surface area (Å²) in [6, 6.07) is 21.7. The average Bonchev–Trinajstić information content (AvgIpc) is 2.79. The van der Waals surface area contributed by atoms with E-state index in [9.17, 15) is 4.39 Å². The lowest BCUT2D eigenvalue weighted by molar-refractivity contribution is 0.631. The van der Waals surface area contributed by atoms with E-state index in [1.54, 1.807) is 18.5 Å². The molecule has 3 rings (SSSR count). The van der Waals surface area contributed by atoms with Gasteiger partial charge < -0.3 is 0 Å². The van der Waals surface area contributed by atoms with Crippen LogP contribution in [-0.4, -0.2) is 12.4 Å². The number of rotatable bonds is 10. The number of unbranched alkanes of at least 4 members (excludes halogenated alkanes) is 2. The van der Waals surface area contributed by atoms with Gasteiger partial charge in [-0.05, 0) is 53.1 Å². The van der Waals surface area contributed by atoms with E-state index in [2.05, 4.69) is 48.3 Å². The predicted octanol–water partition coefficient (Wildman–Crippen LogP) is 7.63. The van der Waals surface area contributed by atoms with Crippen LogP contribution in [0.1, 0.15) is 61.8 Å². The van der Waals surface area contributed by atoms with Gasteiger partial charge in [0, 0.05) is 5.56 Å². The molecule has 0 fully saturated rings. The third-order valence-corrected chi connectivity index (χ3v) is 5.33. The number of nitrogens with zero attached hydrogens (tertiary/aromatic N) is 2. The van der Waals surface area contributed by atoms with Crippen LogP contribution in [0.25, 0.3) is 11.1 Å². The Morgan fingerprint density at radius 2 is 1.29 bits per heavy atom. The fourth-order valence-corrected chi connectivity index (χ4v) is 3.53. The monoisotopic (exact) mass is 414 g/mol. The van der Waals surface area contributed by atoms with E-state index in [0.29, 0.717) is 11.1 Å². The fourth-order valence-electron chi connectivity index (χ4n) is 3.53. The highest BCUT2D eigenvalue weighted by Crippen LogP contribution is 2.24. The van der Waals surface area contributed by atoms with Crippen molar-refractivity contribution in [2.45, 2.75) is 52.4 Å². The second-order valence-electron chi connectivity index (χ2n) is 7.87. The highest BCUT2D eigenvalue weighted by molar-refractivity contribution is 5.83. The first-order chi connectivity index (χ1) is 15.2. The Morgan fingerprint density at radius 3 is 1.94 bits per heavy atom. The van der Waals surface area contributed by atoms with Crippen molar-refractivity contribution in [1.29, 1.82) is 0 Å². The topological polar surface area (TPSA) is 24.7 Å². The molecule has 0 radical (unpaired) electrons. The summed E-state index contributed by atoms with van der Waals surface area (Å²) in [6.45, 7) is 4.38. The van der Waals surface area contributed by atoms with E-state index in [1.165, 1.54) is 36.5 Å². The van der Waals surface area contributed by atoms with Crippen LogP contribution in [0.3, 0.4) is 0 Å². The molecule has 3 aromatic carbocycles. The maximum atomic E-state index is 14.7. The minimum atomic E-state index is -0.252. The number of hydrogen-bond acceptors (Lipinski definition) is 2. The van der Waals surface area contributed by atoms with Crippen LogP contribution in [0.5, 0.6) is 0 Å². The van der Waals surface area contributed by atoms with E-state index in [1.807, 2.05) is 30.3 Å². The Hall–Kier alpha value is -3.07. The molecule has 0 heterocycles. The quantitative estimate of drug-likeness (QED) is 0.185. The van der Waals surface area contributed by atoms with Gasteiger partial charge in [0.15, 0.2) is 0 Å². The molecule has 0 aliphatic heterocycles. The summed E-state index contributed by atoms with van der Waals surface area (Å²) >= 11 is 0. The van der Waals surface area contributed by atoms with E-state index in [4.69, 9.17) is 0 Å². The Kier molecular flexibility index (Phi) is 8.71. The molecule has 0 aliphatic rings. The second kappa shape index (κ2) is 11.9.